The van der Waals surface area contributed by atoms with Crippen molar-refractivity contribution in [1.82, 2.24) is 9.97 Å². The number of phenolic OH excluding ortho intramolecular Hbond substituents is 2. The fourth-order valence-electron chi connectivity index (χ4n) is 1.88. The molecule has 1 aromatic carbocycles. The molecule has 0 aliphatic carbocycles. The van der Waals surface area contributed by atoms with Gasteiger partial charge in [-0.05, 0) is 12.1 Å². The maximum Gasteiger partial charge on any atom is 0.259 e. The van der Waals surface area contributed by atoms with Crippen LogP contribution < -0.4 is 15.2 Å². The van der Waals surface area contributed by atoms with Gasteiger partial charge in [0.25, 0.3) is 5.88 Å². The van der Waals surface area contributed by atoms with Crippen LogP contribution >= 0.6 is 0 Å². The molecule has 0 aliphatic heterocycles. The van der Waals surface area contributed by atoms with Gasteiger partial charge in [-0.15, -0.1) is 0 Å². The van der Waals surface area contributed by atoms with E-state index in [-0.39, 0.29) is 34.7 Å². The molecule has 2 heterocycles. The van der Waals surface area contributed by atoms with E-state index in [1.54, 1.807) is 6.20 Å². The standard InChI is InChI=1S/C8H7NO2.C7H10N2O3/c10-7-3-5-1-2-9-6(5)4-8(7)11;1-11-6-4(8)3-5(10)7(9-6)12-2/h1-4,9-11H;3,10H,8H2,1-2H3. The zero-order chi connectivity index (χ0) is 17.0. The Balaban J connectivity index is 0.000000167. The van der Waals surface area contributed by atoms with Crippen LogP contribution in [0.3, 0.4) is 0 Å². The van der Waals surface area contributed by atoms with Crippen molar-refractivity contribution in [1.29, 1.82) is 0 Å². The number of hydrogen-bond acceptors (Lipinski definition) is 7. The van der Waals surface area contributed by atoms with Gasteiger partial charge in [-0.1, -0.05) is 0 Å². The molecule has 0 radical (unpaired) electrons. The van der Waals surface area contributed by atoms with Gasteiger partial charge in [0.2, 0.25) is 5.88 Å². The van der Waals surface area contributed by atoms with Crippen molar-refractivity contribution in [3.8, 4) is 29.0 Å². The molecule has 0 atom stereocenters. The lowest BCUT2D eigenvalue weighted by Crippen LogP contribution is -1.97. The third-order valence-electron chi connectivity index (χ3n) is 3.00. The van der Waals surface area contributed by atoms with E-state index in [1.807, 2.05) is 6.07 Å². The summed E-state index contributed by atoms with van der Waals surface area (Å²) >= 11 is 0. The van der Waals surface area contributed by atoms with Crippen molar-refractivity contribution in [2.45, 2.75) is 0 Å². The van der Waals surface area contributed by atoms with E-state index in [0.717, 1.165) is 10.9 Å². The topological polar surface area (TPSA) is 134 Å². The monoisotopic (exact) mass is 319 g/mol. The second-order valence-corrected chi connectivity index (χ2v) is 4.52. The highest BCUT2D eigenvalue weighted by molar-refractivity contribution is 5.82. The summed E-state index contributed by atoms with van der Waals surface area (Å²) in [5, 5.41) is 28.2. The second-order valence-electron chi connectivity index (χ2n) is 4.52. The Morgan fingerprint density at radius 1 is 0.957 bits per heavy atom. The maximum absolute atomic E-state index is 9.19. The highest BCUT2D eigenvalue weighted by Crippen LogP contribution is 2.31. The van der Waals surface area contributed by atoms with Crippen molar-refractivity contribution >= 4 is 16.6 Å². The highest BCUT2D eigenvalue weighted by atomic mass is 16.5. The smallest absolute Gasteiger partial charge is 0.259 e. The van der Waals surface area contributed by atoms with Crippen molar-refractivity contribution in [2.75, 3.05) is 20.0 Å². The number of aromatic hydroxyl groups is 3. The van der Waals surface area contributed by atoms with Gasteiger partial charge in [0, 0.05) is 29.2 Å². The number of rotatable bonds is 2. The molecule has 0 unspecified atom stereocenters. The summed E-state index contributed by atoms with van der Waals surface area (Å²) < 4.78 is 9.56. The largest absolute Gasteiger partial charge is 0.504 e. The van der Waals surface area contributed by atoms with Crippen LogP contribution in [0.2, 0.25) is 0 Å². The van der Waals surface area contributed by atoms with E-state index >= 15 is 0 Å². The Kier molecular flexibility index (Phi) is 4.65. The van der Waals surface area contributed by atoms with Crippen LogP contribution in [0, 0.1) is 0 Å². The number of fused-ring (bicyclic) bond motifs is 1. The van der Waals surface area contributed by atoms with Crippen LogP contribution in [0.5, 0.6) is 29.0 Å². The average Bonchev–Trinajstić information content (AvgIpc) is 2.96. The Hall–Kier alpha value is -3.29. The van der Waals surface area contributed by atoms with E-state index in [9.17, 15) is 5.11 Å². The predicted molar refractivity (Wildman–Crippen MR) is 85.0 cm³/mol. The lowest BCUT2D eigenvalue weighted by molar-refractivity contribution is 0.341. The molecule has 0 saturated heterocycles. The first kappa shape index (κ1) is 16.1. The second kappa shape index (κ2) is 6.65. The molecule has 3 aromatic rings. The van der Waals surface area contributed by atoms with Crippen LogP contribution in [0.1, 0.15) is 0 Å². The fourth-order valence-corrected chi connectivity index (χ4v) is 1.88. The summed E-state index contributed by atoms with van der Waals surface area (Å²) in [5.74, 6) is 0.0542. The molecule has 0 spiro atoms. The van der Waals surface area contributed by atoms with Gasteiger partial charge < -0.3 is 35.5 Å². The van der Waals surface area contributed by atoms with Crippen molar-refractivity contribution in [3.63, 3.8) is 0 Å². The number of pyridine rings is 1. The minimum absolute atomic E-state index is 0.0860. The number of benzene rings is 1. The Labute approximate surface area is 131 Å². The van der Waals surface area contributed by atoms with Crippen LogP contribution in [0.4, 0.5) is 5.69 Å². The number of anilines is 1. The van der Waals surface area contributed by atoms with Gasteiger partial charge in [0.1, 0.15) is 0 Å². The third-order valence-corrected chi connectivity index (χ3v) is 3.00. The molecule has 23 heavy (non-hydrogen) atoms. The molecule has 0 bridgehead atoms. The van der Waals surface area contributed by atoms with Gasteiger partial charge in [-0.3, -0.25) is 0 Å². The molecule has 0 amide bonds. The number of aromatic amines is 1. The van der Waals surface area contributed by atoms with Crippen molar-refractivity contribution in [2.24, 2.45) is 0 Å². The predicted octanol–water partition coefficient (Wildman–Crippen LogP) is 1.97. The summed E-state index contributed by atoms with van der Waals surface area (Å²) in [6.07, 6.45) is 1.75. The Morgan fingerprint density at radius 2 is 1.61 bits per heavy atom. The van der Waals surface area contributed by atoms with E-state index in [2.05, 4.69) is 9.97 Å². The number of aromatic nitrogens is 2. The van der Waals surface area contributed by atoms with Crippen LogP contribution in [0.15, 0.2) is 30.5 Å². The summed E-state index contributed by atoms with van der Waals surface area (Å²) in [5.41, 5.74) is 6.55. The van der Waals surface area contributed by atoms with Gasteiger partial charge in [-0.2, -0.15) is 4.98 Å². The summed E-state index contributed by atoms with van der Waals surface area (Å²) in [4.78, 5) is 6.71. The first-order chi connectivity index (χ1) is 11.0. The summed E-state index contributed by atoms with van der Waals surface area (Å²) in [6.45, 7) is 0. The number of H-pyrrole nitrogens is 1. The number of phenols is 2. The van der Waals surface area contributed by atoms with Crippen molar-refractivity contribution < 1.29 is 24.8 Å². The van der Waals surface area contributed by atoms with E-state index in [1.165, 1.54) is 32.4 Å². The number of ether oxygens (including phenoxy) is 2. The van der Waals surface area contributed by atoms with E-state index in [4.69, 9.17) is 25.4 Å². The van der Waals surface area contributed by atoms with E-state index in [0.29, 0.717) is 0 Å². The number of nitrogens with zero attached hydrogens (tertiary/aromatic N) is 1. The first-order valence-corrected chi connectivity index (χ1v) is 6.52. The number of methoxy groups -OCH3 is 2. The fraction of sp³-hybridized carbons (Fsp3) is 0.133. The zero-order valence-corrected chi connectivity index (χ0v) is 12.6. The molecular formula is C15H17N3O5. The van der Waals surface area contributed by atoms with E-state index < -0.39 is 0 Å². The number of nitrogens with two attached hydrogens (primary N) is 1. The molecule has 2 aromatic heterocycles. The van der Waals surface area contributed by atoms with Crippen LogP contribution in [-0.2, 0) is 0 Å². The van der Waals surface area contributed by atoms with Gasteiger partial charge >= 0.3 is 0 Å². The molecule has 8 nitrogen and oxygen atoms in total. The molecule has 0 fully saturated rings. The Bertz CT molecular complexity index is 755. The van der Waals surface area contributed by atoms with Gasteiger partial charge in [0.15, 0.2) is 17.2 Å². The molecule has 122 valence electrons. The lowest BCUT2D eigenvalue weighted by atomic mass is 10.2. The first-order valence-electron chi connectivity index (χ1n) is 6.52. The lowest BCUT2D eigenvalue weighted by Gasteiger charge is -2.06. The maximum atomic E-state index is 9.19. The quantitative estimate of drug-likeness (QED) is 0.456. The Morgan fingerprint density at radius 3 is 2.26 bits per heavy atom. The number of nitrogens with one attached hydrogen (secondary N) is 1. The van der Waals surface area contributed by atoms with Gasteiger partial charge in [-0.25, -0.2) is 0 Å². The van der Waals surface area contributed by atoms with Crippen LogP contribution in [-0.4, -0.2) is 39.5 Å². The normalized spacial score (nSPS) is 10.0. The molecule has 0 saturated carbocycles. The summed E-state index contributed by atoms with van der Waals surface area (Å²) in [6, 6.07) is 6.16. The molecular weight excluding hydrogens is 302 g/mol. The van der Waals surface area contributed by atoms with Gasteiger partial charge in [0.05, 0.1) is 19.9 Å². The van der Waals surface area contributed by atoms with Crippen molar-refractivity contribution in [3.05, 3.63) is 30.5 Å². The number of nitrogen functional groups attached to an aromatic ring is 1. The molecule has 3 rings (SSSR count). The van der Waals surface area contributed by atoms with Crippen LogP contribution in [0.25, 0.3) is 10.9 Å². The SMILES string of the molecule is COc1nc(OC)c(O)cc1N.Oc1cc2cc[nH]c2cc1O. The minimum atomic E-state index is -0.101. The third kappa shape index (κ3) is 3.49. The molecule has 8 heteroatoms. The average molecular weight is 319 g/mol. The molecule has 6 N–H and O–H groups in total. The molecule has 0 aliphatic rings. The highest BCUT2D eigenvalue weighted by Gasteiger charge is 2.08. The zero-order valence-electron chi connectivity index (χ0n) is 12.6. The minimum Gasteiger partial charge on any atom is -0.504 e. The summed E-state index contributed by atoms with van der Waals surface area (Å²) in [7, 11) is 2.84. The number of hydrogen-bond donors (Lipinski definition) is 5.